The molecular weight excluding hydrogens is 265 g/mol. The molecule has 0 bridgehead atoms. The molecule has 0 amide bonds. The summed E-state index contributed by atoms with van der Waals surface area (Å²) in [5.41, 5.74) is -0.142. The van der Waals surface area contributed by atoms with Gasteiger partial charge in [0, 0.05) is 32.4 Å². The molecule has 0 unspecified atom stereocenters. The predicted molar refractivity (Wildman–Crippen MR) is 69.8 cm³/mol. The topological polar surface area (TPSA) is 75.6 Å². The van der Waals surface area contributed by atoms with Crippen molar-refractivity contribution in [2.75, 3.05) is 19.0 Å². The summed E-state index contributed by atoms with van der Waals surface area (Å²) in [5.74, 6) is -1.37. The first-order valence-electron chi connectivity index (χ1n) is 5.68. The third-order valence-corrected chi connectivity index (χ3v) is 2.41. The molecule has 0 aliphatic rings. The average molecular weight is 277 g/mol. The number of nitrogens with zero attached hydrogens (tertiary/aromatic N) is 3. The molecule has 104 valence electrons. The summed E-state index contributed by atoms with van der Waals surface area (Å²) in [4.78, 5) is 20.8. The van der Waals surface area contributed by atoms with Crippen LogP contribution in [0.15, 0.2) is 30.5 Å². The van der Waals surface area contributed by atoms with Crippen molar-refractivity contribution < 1.29 is 19.0 Å². The first kappa shape index (κ1) is 13.7. The minimum Gasteiger partial charge on any atom is -0.478 e. The van der Waals surface area contributed by atoms with Crippen molar-refractivity contribution in [3.8, 4) is 11.6 Å². The van der Waals surface area contributed by atoms with Crippen LogP contribution >= 0.6 is 0 Å². The van der Waals surface area contributed by atoms with Crippen LogP contribution in [0.1, 0.15) is 10.4 Å². The summed E-state index contributed by atoms with van der Waals surface area (Å²) < 4.78 is 18.6. The number of hydrogen-bond acceptors (Lipinski definition) is 5. The van der Waals surface area contributed by atoms with E-state index in [1.54, 1.807) is 19.0 Å². The van der Waals surface area contributed by atoms with E-state index in [4.69, 9.17) is 9.84 Å². The van der Waals surface area contributed by atoms with Crippen molar-refractivity contribution in [3.63, 3.8) is 0 Å². The molecular formula is C13H12FN3O3. The Hall–Kier alpha value is -2.70. The van der Waals surface area contributed by atoms with Gasteiger partial charge in [0.15, 0.2) is 0 Å². The fourth-order valence-corrected chi connectivity index (χ4v) is 1.47. The van der Waals surface area contributed by atoms with Gasteiger partial charge >= 0.3 is 5.97 Å². The summed E-state index contributed by atoms with van der Waals surface area (Å²) in [6, 6.07) is 4.66. The Morgan fingerprint density at radius 3 is 2.75 bits per heavy atom. The van der Waals surface area contributed by atoms with Crippen molar-refractivity contribution in [1.82, 2.24) is 9.97 Å². The smallest absolute Gasteiger partial charge is 0.339 e. The monoisotopic (exact) mass is 277 g/mol. The predicted octanol–water partition coefficient (Wildman–Crippen LogP) is 2.17. The Morgan fingerprint density at radius 1 is 1.35 bits per heavy atom. The zero-order valence-electron chi connectivity index (χ0n) is 10.9. The normalized spacial score (nSPS) is 10.2. The van der Waals surface area contributed by atoms with Crippen LogP contribution in [-0.4, -0.2) is 35.1 Å². The fraction of sp³-hybridized carbons (Fsp3) is 0.154. The largest absolute Gasteiger partial charge is 0.478 e. The number of aromatic nitrogens is 2. The average Bonchev–Trinajstić information content (AvgIpc) is 2.38. The van der Waals surface area contributed by atoms with Crippen LogP contribution in [0, 0.1) is 5.82 Å². The van der Waals surface area contributed by atoms with Crippen LogP contribution in [0.5, 0.6) is 11.6 Å². The second kappa shape index (κ2) is 5.52. The van der Waals surface area contributed by atoms with E-state index in [1.807, 2.05) is 0 Å². The van der Waals surface area contributed by atoms with Gasteiger partial charge in [-0.15, -0.1) is 0 Å². The first-order chi connectivity index (χ1) is 9.47. The molecule has 0 atom stereocenters. The highest BCUT2D eigenvalue weighted by Crippen LogP contribution is 2.25. The Balaban J connectivity index is 2.36. The molecule has 0 radical (unpaired) electrons. The zero-order valence-corrected chi connectivity index (χ0v) is 10.9. The SMILES string of the molecule is CN(C)c1nccc(Oc2cc(F)ccc2C(=O)O)n1. The third-order valence-electron chi connectivity index (χ3n) is 2.41. The van der Waals surface area contributed by atoms with Gasteiger partial charge < -0.3 is 14.7 Å². The number of rotatable bonds is 4. The molecule has 0 saturated carbocycles. The van der Waals surface area contributed by atoms with Gasteiger partial charge in [-0.05, 0) is 12.1 Å². The van der Waals surface area contributed by atoms with E-state index in [-0.39, 0.29) is 17.2 Å². The quantitative estimate of drug-likeness (QED) is 0.923. The molecule has 1 heterocycles. The lowest BCUT2D eigenvalue weighted by atomic mass is 10.2. The van der Waals surface area contributed by atoms with E-state index in [2.05, 4.69) is 9.97 Å². The molecule has 6 nitrogen and oxygen atoms in total. The molecule has 2 aromatic rings. The number of hydrogen-bond donors (Lipinski definition) is 1. The first-order valence-corrected chi connectivity index (χ1v) is 5.68. The number of anilines is 1. The molecule has 1 N–H and O–H groups in total. The molecule has 0 aliphatic heterocycles. The maximum absolute atomic E-state index is 13.2. The van der Waals surface area contributed by atoms with Crippen LogP contribution in [-0.2, 0) is 0 Å². The number of benzene rings is 1. The summed E-state index contributed by atoms with van der Waals surface area (Å²) in [5, 5.41) is 9.03. The van der Waals surface area contributed by atoms with Gasteiger partial charge in [0.05, 0.1) is 0 Å². The van der Waals surface area contributed by atoms with Gasteiger partial charge in [-0.1, -0.05) is 0 Å². The highest BCUT2D eigenvalue weighted by atomic mass is 19.1. The molecule has 7 heteroatoms. The molecule has 0 aliphatic carbocycles. The third kappa shape index (κ3) is 3.00. The van der Waals surface area contributed by atoms with Crippen LogP contribution < -0.4 is 9.64 Å². The summed E-state index contributed by atoms with van der Waals surface area (Å²) >= 11 is 0. The number of carbonyl (C=O) groups is 1. The van der Waals surface area contributed by atoms with E-state index >= 15 is 0 Å². The maximum atomic E-state index is 13.2. The van der Waals surface area contributed by atoms with Gasteiger partial charge in [-0.3, -0.25) is 0 Å². The zero-order chi connectivity index (χ0) is 14.7. The van der Waals surface area contributed by atoms with Crippen molar-refractivity contribution in [2.45, 2.75) is 0 Å². The van der Waals surface area contributed by atoms with Crippen LogP contribution in [0.4, 0.5) is 10.3 Å². The van der Waals surface area contributed by atoms with Crippen LogP contribution in [0.2, 0.25) is 0 Å². The molecule has 1 aromatic heterocycles. The van der Waals surface area contributed by atoms with Crippen molar-refractivity contribution >= 4 is 11.9 Å². The van der Waals surface area contributed by atoms with Gasteiger partial charge in [0.2, 0.25) is 11.8 Å². The molecule has 20 heavy (non-hydrogen) atoms. The Bertz CT molecular complexity index is 647. The fourth-order valence-electron chi connectivity index (χ4n) is 1.47. The highest BCUT2D eigenvalue weighted by molar-refractivity contribution is 5.90. The molecule has 2 rings (SSSR count). The van der Waals surface area contributed by atoms with Gasteiger partial charge in [0.25, 0.3) is 0 Å². The Labute approximate surface area is 114 Å². The van der Waals surface area contributed by atoms with Crippen LogP contribution in [0.25, 0.3) is 0 Å². The second-order valence-electron chi connectivity index (χ2n) is 4.14. The summed E-state index contributed by atoms with van der Waals surface area (Å²) in [6.45, 7) is 0. The lowest BCUT2D eigenvalue weighted by Crippen LogP contribution is -2.12. The standard InChI is InChI=1S/C13H12FN3O3/c1-17(2)13-15-6-5-11(16-13)20-10-7-8(14)3-4-9(10)12(18)19/h3-7H,1-2H3,(H,18,19). The van der Waals surface area contributed by atoms with E-state index in [0.29, 0.717) is 5.95 Å². The minimum absolute atomic E-state index is 0.110. The number of carboxylic acids is 1. The summed E-state index contributed by atoms with van der Waals surface area (Å²) in [6.07, 6.45) is 1.47. The molecule has 1 aromatic carbocycles. The second-order valence-corrected chi connectivity index (χ2v) is 4.14. The summed E-state index contributed by atoms with van der Waals surface area (Å²) in [7, 11) is 3.51. The number of ether oxygens (including phenoxy) is 1. The minimum atomic E-state index is -1.21. The molecule has 0 fully saturated rings. The van der Waals surface area contributed by atoms with E-state index < -0.39 is 11.8 Å². The Kier molecular flexibility index (Phi) is 3.79. The lowest BCUT2D eigenvalue weighted by molar-refractivity contribution is 0.0694. The van der Waals surface area contributed by atoms with Crippen molar-refractivity contribution in [2.24, 2.45) is 0 Å². The van der Waals surface area contributed by atoms with E-state index in [1.165, 1.54) is 12.3 Å². The van der Waals surface area contributed by atoms with Gasteiger partial charge in [-0.25, -0.2) is 14.2 Å². The molecule has 0 spiro atoms. The van der Waals surface area contributed by atoms with Gasteiger partial charge in [0.1, 0.15) is 17.1 Å². The lowest BCUT2D eigenvalue weighted by Gasteiger charge is -2.12. The number of aromatic carboxylic acids is 1. The maximum Gasteiger partial charge on any atom is 0.339 e. The Morgan fingerprint density at radius 2 is 2.10 bits per heavy atom. The van der Waals surface area contributed by atoms with Crippen molar-refractivity contribution in [1.29, 1.82) is 0 Å². The number of carboxylic acid groups (broad SMARTS) is 1. The van der Waals surface area contributed by atoms with E-state index in [0.717, 1.165) is 18.2 Å². The van der Waals surface area contributed by atoms with Crippen LogP contribution in [0.3, 0.4) is 0 Å². The highest BCUT2D eigenvalue weighted by Gasteiger charge is 2.14. The number of halogens is 1. The van der Waals surface area contributed by atoms with Crippen molar-refractivity contribution in [3.05, 3.63) is 41.8 Å². The van der Waals surface area contributed by atoms with E-state index in [9.17, 15) is 9.18 Å². The molecule has 0 saturated heterocycles. The van der Waals surface area contributed by atoms with Gasteiger partial charge in [-0.2, -0.15) is 4.98 Å².